The highest BCUT2D eigenvalue weighted by Gasteiger charge is 2.03. The molecule has 0 atom stereocenters. The first kappa shape index (κ1) is 14.2. The molecular weight excluding hydrogens is 254 g/mol. The maximum atomic E-state index is 5.84. The Bertz CT molecular complexity index is 569. The molecule has 2 N–H and O–H groups in total. The molecule has 0 aliphatic carbocycles. The normalized spacial score (nSPS) is 10.3. The van der Waals surface area contributed by atoms with Crippen molar-refractivity contribution in [2.24, 2.45) is 0 Å². The lowest BCUT2D eigenvalue weighted by molar-refractivity contribution is 0.146. The summed E-state index contributed by atoms with van der Waals surface area (Å²) < 4.78 is 16.3. The Kier molecular flexibility index (Phi) is 4.85. The van der Waals surface area contributed by atoms with E-state index in [0.29, 0.717) is 13.2 Å². The van der Waals surface area contributed by atoms with Crippen LogP contribution in [0.4, 0.5) is 5.69 Å². The summed E-state index contributed by atoms with van der Waals surface area (Å²) in [6.07, 6.45) is 0. The zero-order valence-electron chi connectivity index (χ0n) is 11.8. The molecule has 0 unspecified atom stereocenters. The summed E-state index contributed by atoms with van der Waals surface area (Å²) in [5.41, 5.74) is 7.45. The number of aryl methyl sites for hydroxylation is 1. The third-order valence-corrected chi connectivity index (χ3v) is 2.79. The first-order valence-corrected chi connectivity index (χ1v) is 6.45. The lowest BCUT2D eigenvalue weighted by atomic mass is 10.2. The van der Waals surface area contributed by atoms with Gasteiger partial charge in [0.2, 0.25) is 0 Å². The number of ether oxygens (including phenoxy) is 3. The molecule has 0 amide bonds. The van der Waals surface area contributed by atoms with Crippen LogP contribution < -0.4 is 15.2 Å². The van der Waals surface area contributed by atoms with Crippen molar-refractivity contribution in [3.8, 4) is 17.2 Å². The van der Waals surface area contributed by atoms with Crippen molar-refractivity contribution < 1.29 is 14.2 Å². The number of nitrogens with two attached hydrogens (primary N) is 1. The monoisotopic (exact) mass is 273 g/mol. The molecule has 20 heavy (non-hydrogen) atoms. The summed E-state index contributed by atoms with van der Waals surface area (Å²) >= 11 is 0. The van der Waals surface area contributed by atoms with Gasteiger partial charge in [0.25, 0.3) is 0 Å². The van der Waals surface area contributed by atoms with Crippen LogP contribution >= 0.6 is 0 Å². The molecule has 0 fully saturated rings. The number of hydrogen-bond acceptors (Lipinski definition) is 4. The van der Waals surface area contributed by atoms with Gasteiger partial charge < -0.3 is 19.9 Å². The van der Waals surface area contributed by atoms with Crippen molar-refractivity contribution in [1.29, 1.82) is 0 Å². The maximum Gasteiger partial charge on any atom is 0.131 e. The van der Waals surface area contributed by atoms with Gasteiger partial charge in [-0.15, -0.1) is 0 Å². The molecule has 2 aromatic carbocycles. The summed E-state index contributed by atoms with van der Waals surface area (Å²) in [5, 5.41) is 0. The minimum absolute atomic E-state index is 0.515. The van der Waals surface area contributed by atoms with E-state index in [2.05, 4.69) is 0 Å². The summed E-state index contributed by atoms with van der Waals surface area (Å²) in [6, 6.07) is 13.1. The van der Waals surface area contributed by atoms with Crippen LogP contribution in [0.5, 0.6) is 17.2 Å². The number of methoxy groups -OCH3 is 1. The SMILES string of the molecule is COCCOc1cccc(Oc2ccc(N)cc2C)c1. The quantitative estimate of drug-likeness (QED) is 0.647. The zero-order valence-corrected chi connectivity index (χ0v) is 11.8. The van der Waals surface area contributed by atoms with Crippen LogP contribution in [0.15, 0.2) is 42.5 Å². The fraction of sp³-hybridized carbons (Fsp3) is 0.250. The van der Waals surface area contributed by atoms with Gasteiger partial charge in [0.1, 0.15) is 23.9 Å². The predicted octanol–water partition coefficient (Wildman–Crippen LogP) is 3.39. The molecule has 0 saturated heterocycles. The molecule has 0 bridgehead atoms. The van der Waals surface area contributed by atoms with Gasteiger partial charge in [-0.25, -0.2) is 0 Å². The Hall–Kier alpha value is -2.20. The first-order valence-electron chi connectivity index (χ1n) is 6.45. The number of benzene rings is 2. The highest BCUT2D eigenvalue weighted by molar-refractivity contribution is 5.48. The van der Waals surface area contributed by atoms with Gasteiger partial charge in [-0.05, 0) is 42.8 Å². The number of anilines is 1. The van der Waals surface area contributed by atoms with Gasteiger partial charge in [0.15, 0.2) is 0 Å². The van der Waals surface area contributed by atoms with Crippen LogP contribution in [0, 0.1) is 6.92 Å². The van der Waals surface area contributed by atoms with Crippen LogP contribution in [-0.2, 0) is 4.74 Å². The molecule has 0 aliphatic rings. The molecule has 4 nitrogen and oxygen atoms in total. The highest BCUT2D eigenvalue weighted by atomic mass is 16.5. The Morgan fingerprint density at radius 2 is 1.80 bits per heavy atom. The fourth-order valence-corrected chi connectivity index (χ4v) is 1.78. The minimum atomic E-state index is 0.515. The van der Waals surface area contributed by atoms with Crippen LogP contribution in [0.1, 0.15) is 5.56 Å². The second-order valence-electron chi connectivity index (χ2n) is 4.44. The van der Waals surface area contributed by atoms with Gasteiger partial charge in [-0.1, -0.05) is 6.07 Å². The van der Waals surface area contributed by atoms with Crippen molar-refractivity contribution in [3.05, 3.63) is 48.0 Å². The summed E-state index contributed by atoms with van der Waals surface area (Å²) in [4.78, 5) is 0. The van der Waals surface area contributed by atoms with Gasteiger partial charge in [0, 0.05) is 18.9 Å². The molecule has 0 saturated carbocycles. The molecule has 0 heterocycles. The number of hydrogen-bond donors (Lipinski definition) is 1. The van der Waals surface area contributed by atoms with Crippen molar-refractivity contribution in [3.63, 3.8) is 0 Å². The zero-order chi connectivity index (χ0) is 14.4. The molecule has 0 aliphatic heterocycles. The first-order chi connectivity index (χ1) is 9.69. The van der Waals surface area contributed by atoms with Crippen molar-refractivity contribution >= 4 is 5.69 Å². The molecule has 2 aromatic rings. The average molecular weight is 273 g/mol. The van der Waals surface area contributed by atoms with E-state index in [1.807, 2.05) is 49.4 Å². The predicted molar refractivity (Wildman–Crippen MR) is 79.5 cm³/mol. The van der Waals surface area contributed by atoms with Gasteiger partial charge in [0.05, 0.1) is 6.61 Å². The highest BCUT2D eigenvalue weighted by Crippen LogP contribution is 2.28. The van der Waals surface area contributed by atoms with E-state index in [1.54, 1.807) is 7.11 Å². The molecule has 2 rings (SSSR count). The maximum absolute atomic E-state index is 5.84. The van der Waals surface area contributed by atoms with Crippen molar-refractivity contribution in [2.45, 2.75) is 6.92 Å². The summed E-state index contributed by atoms with van der Waals surface area (Å²) in [7, 11) is 1.65. The lowest BCUT2D eigenvalue weighted by Crippen LogP contribution is -2.04. The van der Waals surface area contributed by atoms with E-state index in [4.69, 9.17) is 19.9 Å². The Balaban J connectivity index is 2.07. The average Bonchev–Trinajstić information content (AvgIpc) is 2.43. The third kappa shape index (κ3) is 3.90. The van der Waals surface area contributed by atoms with Crippen molar-refractivity contribution in [2.75, 3.05) is 26.1 Å². The van der Waals surface area contributed by atoms with Crippen LogP contribution in [0.3, 0.4) is 0 Å². The Morgan fingerprint density at radius 1 is 1.00 bits per heavy atom. The van der Waals surface area contributed by atoms with E-state index in [0.717, 1.165) is 28.5 Å². The van der Waals surface area contributed by atoms with E-state index < -0.39 is 0 Å². The van der Waals surface area contributed by atoms with E-state index in [1.165, 1.54) is 0 Å². The van der Waals surface area contributed by atoms with E-state index in [9.17, 15) is 0 Å². The van der Waals surface area contributed by atoms with Gasteiger partial charge >= 0.3 is 0 Å². The Labute approximate surface area is 119 Å². The van der Waals surface area contributed by atoms with E-state index in [-0.39, 0.29) is 0 Å². The van der Waals surface area contributed by atoms with Gasteiger partial charge in [-0.3, -0.25) is 0 Å². The van der Waals surface area contributed by atoms with Crippen LogP contribution in [0.2, 0.25) is 0 Å². The van der Waals surface area contributed by atoms with E-state index >= 15 is 0 Å². The molecule has 106 valence electrons. The second-order valence-corrected chi connectivity index (χ2v) is 4.44. The topological polar surface area (TPSA) is 53.7 Å². The van der Waals surface area contributed by atoms with Crippen LogP contribution in [0.25, 0.3) is 0 Å². The fourth-order valence-electron chi connectivity index (χ4n) is 1.78. The summed E-state index contributed by atoms with van der Waals surface area (Å²) in [6.45, 7) is 3.04. The van der Waals surface area contributed by atoms with Crippen LogP contribution in [-0.4, -0.2) is 20.3 Å². The van der Waals surface area contributed by atoms with Crippen molar-refractivity contribution in [1.82, 2.24) is 0 Å². The molecule has 0 aromatic heterocycles. The third-order valence-electron chi connectivity index (χ3n) is 2.79. The molecule has 0 radical (unpaired) electrons. The van der Waals surface area contributed by atoms with Gasteiger partial charge in [-0.2, -0.15) is 0 Å². The Morgan fingerprint density at radius 3 is 2.55 bits per heavy atom. The lowest BCUT2D eigenvalue weighted by Gasteiger charge is -2.11. The number of rotatable bonds is 6. The molecule has 0 spiro atoms. The minimum Gasteiger partial charge on any atom is -0.491 e. The standard InChI is InChI=1S/C16H19NO3/c1-12-10-13(17)6-7-16(12)20-15-5-3-4-14(11-15)19-9-8-18-2/h3-7,10-11H,8-9,17H2,1-2H3. The smallest absolute Gasteiger partial charge is 0.131 e. The second kappa shape index (κ2) is 6.82. The molecule has 4 heteroatoms. The largest absolute Gasteiger partial charge is 0.491 e. The molecular formula is C16H19NO3. The number of nitrogen functional groups attached to an aromatic ring is 1. The summed E-state index contributed by atoms with van der Waals surface area (Å²) in [5.74, 6) is 2.27.